The van der Waals surface area contributed by atoms with Gasteiger partial charge in [-0.15, -0.1) is 0 Å². The van der Waals surface area contributed by atoms with Crippen LogP contribution in [-0.4, -0.2) is 6.61 Å². The van der Waals surface area contributed by atoms with E-state index in [1.807, 2.05) is 49.4 Å². The van der Waals surface area contributed by atoms with Gasteiger partial charge in [0.1, 0.15) is 5.75 Å². The normalized spacial score (nSPS) is 10.3. The van der Waals surface area contributed by atoms with E-state index in [2.05, 4.69) is 5.32 Å². The molecule has 0 unspecified atom stereocenters. The molecule has 0 saturated carbocycles. The van der Waals surface area contributed by atoms with Crippen LogP contribution in [-0.2, 0) is 6.54 Å². The minimum atomic E-state index is 0.611. The van der Waals surface area contributed by atoms with Crippen molar-refractivity contribution >= 4 is 28.9 Å². The van der Waals surface area contributed by atoms with E-state index in [1.54, 1.807) is 0 Å². The summed E-state index contributed by atoms with van der Waals surface area (Å²) in [6.45, 7) is 3.22. The van der Waals surface area contributed by atoms with Crippen LogP contribution in [0.15, 0.2) is 42.5 Å². The van der Waals surface area contributed by atoms with E-state index < -0.39 is 0 Å². The maximum atomic E-state index is 6.12. The molecule has 0 spiro atoms. The molecule has 0 saturated heterocycles. The smallest absolute Gasteiger partial charge is 0.124 e. The van der Waals surface area contributed by atoms with E-state index in [-0.39, 0.29) is 0 Å². The Morgan fingerprint density at radius 2 is 1.68 bits per heavy atom. The van der Waals surface area contributed by atoms with E-state index in [9.17, 15) is 0 Å². The Morgan fingerprint density at radius 3 is 2.37 bits per heavy atom. The molecule has 0 radical (unpaired) electrons. The Hall–Kier alpha value is -1.38. The van der Waals surface area contributed by atoms with Crippen molar-refractivity contribution in [1.82, 2.24) is 0 Å². The summed E-state index contributed by atoms with van der Waals surface area (Å²) in [5.74, 6) is 0.876. The van der Waals surface area contributed by atoms with Gasteiger partial charge in [-0.05, 0) is 25.1 Å². The summed E-state index contributed by atoms with van der Waals surface area (Å²) in [7, 11) is 0. The molecule has 4 heteroatoms. The van der Waals surface area contributed by atoms with Crippen LogP contribution in [0.2, 0.25) is 10.0 Å². The summed E-state index contributed by atoms with van der Waals surface area (Å²) in [6, 6.07) is 13.3. The Kier molecular flexibility index (Phi) is 4.94. The van der Waals surface area contributed by atoms with Gasteiger partial charge in [-0.3, -0.25) is 0 Å². The Bertz CT molecular complexity index is 537. The van der Waals surface area contributed by atoms with Gasteiger partial charge in [-0.2, -0.15) is 0 Å². The lowest BCUT2D eigenvalue weighted by Crippen LogP contribution is -2.03. The molecule has 1 N–H and O–H groups in total. The van der Waals surface area contributed by atoms with E-state index in [1.165, 1.54) is 0 Å². The summed E-state index contributed by atoms with van der Waals surface area (Å²) >= 11 is 12.2. The summed E-state index contributed by atoms with van der Waals surface area (Å²) in [4.78, 5) is 0. The Balaban J connectivity index is 2.15. The maximum absolute atomic E-state index is 6.12. The molecule has 2 rings (SSSR count). The van der Waals surface area contributed by atoms with Crippen molar-refractivity contribution in [3.63, 3.8) is 0 Å². The average molecular weight is 296 g/mol. The summed E-state index contributed by atoms with van der Waals surface area (Å²) in [6.07, 6.45) is 0. The lowest BCUT2D eigenvalue weighted by Gasteiger charge is -2.13. The van der Waals surface area contributed by atoms with Gasteiger partial charge >= 0.3 is 0 Å². The summed E-state index contributed by atoms with van der Waals surface area (Å²) in [5.41, 5.74) is 1.82. The highest BCUT2D eigenvalue weighted by molar-refractivity contribution is 6.39. The van der Waals surface area contributed by atoms with Crippen molar-refractivity contribution < 1.29 is 4.74 Å². The largest absolute Gasteiger partial charge is 0.494 e. The lowest BCUT2D eigenvalue weighted by atomic mass is 10.2. The molecule has 0 aliphatic carbocycles. The van der Waals surface area contributed by atoms with Gasteiger partial charge in [-0.1, -0.05) is 47.5 Å². The molecule has 2 aromatic rings. The van der Waals surface area contributed by atoms with Crippen LogP contribution in [0.1, 0.15) is 12.5 Å². The van der Waals surface area contributed by atoms with Crippen molar-refractivity contribution in [2.24, 2.45) is 0 Å². The van der Waals surface area contributed by atoms with Crippen LogP contribution in [0.5, 0.6) is 5.75 Å². The molecule has 2 aromatic carbocycles. The van der Waals surface area contributed by atoms with E-state index >= 15 is 0 Å². The van der Waals surface area contributed by atoms with Crippen LogP contribution in [0.4, 0.5) is 5.69 Å². The standard InChI is InChI=1S/C15H15Cl2NO/c1-2-19-14-9-4-3-6-11(14)10-18-15-12(16)7-5-8-13(15)17/h3-9,18H,2,10H2,1H3. The third kappa shape index (κ3) is 3.55. The first kappa shape index (κ1) is 14.0. The number of hydrogen-bond acceptors (Lipinski definition) is 2. The molecule has 0 bridgehead atoms. The number of para-hydroxylation sites is 2. The Morgan fingerprint density at radius 1 is 1.00 bits per heavy atom. The molecule has 0 fully saturated rings. The van der Waals surface area contributed by atoms with Crippen LogP contribution in [0, 0.1) is 0 Å². The zero-order valence-corrected chi connectivity index (χ0v) is 12.1. The molecule has 2 nitrogen and oxygen atoms in total. The fourth-order valence-corrected chi connectivity index (χ4v) is 2.33. The minimum absolute atomic E-state index is 0.611. The monoisotopic (exact) mass is 295 g/mol. The zero-order chi connectivity index (χ0) is 13.7. The van der Waals surface area contributed by atoms with Gasteiger partial charge in [0.25, 0.3) is 0 Å². The first-order valence-electron chi connectivity index (χ1n) is 6.11. The molecule has 0 aliphatic rings. The number of hydrogen-bond donors (Lipinski definition) is 1. The van der Waals surface area contributed by atoms with Gasteiger partial charge in [-0.25, -0.2) is 0 Å². The summed E-state index contributed by atoms with van der Waals surface area (Å²) < 4.78 is 5.58. The number of nitrogens with one attached hydrogen (secondary N) is 1. The first-order valence-corrected chi connectivity index (χ1v) is 6.86. The molecule has 0 heterocycles. The second-order valence-corrected chi connectivity index (χ2v) is 4.81. The molecular weight excluding hydrogens is 281 g/mol. The SMILES string of the molecule is CCOc1ccccc1CNc1c(Cl)cccc1Cl. The number of rotatable bonds is 5. The topological polar surface area (TPSA) is 21.3 Å². The van der Waals surface area contributed by atoms with Crippen LogP contribution in [0.25, 0.3) is 0 Å². The van der Waals surface area contributed by atoms with Gasteiger partial charge in [0, 0.05) is 12.1 Å². The number of halogens is 2. The number of ether oxygens (including phenoxy) is 1. The van der Waals surface area contributed by atoms with Crippen LogP contribution < -0.4 is 10.1 Å². The van der Waals surface area contributed by atoms with Crippen molar-refractivity contribution in [3.8, 4) is 5.75 Å². The molecule has 19 heavy (non-hydrogen) atoms. The molecule has 0 aromatic heterocycles. The van der Waals surface area contributed by atoms with Gasteiger partial charge < -0.3 is 10.1 Å². The highest BCUT2D eigenvalue weighted by Crippen LogP contribution is 2.30. The van der Waals surface area contributed by atoms with Crippen molar-refractivity contribution in [2.75, 3.05) is 11.9 Å². The quantitative estimate of drug-likeness (QED) is 0.838. The fourth-order valence-electron chi connectivity index (χ4n) is 1.80. The predicted octanol–water partition coefficient (Wildman–Crippen LogP) is 5.00. The highest BCUT2D eigenvalue weighted by Gasteiger charge is 2.07. The molecule has 0 amide bonds. The fraction of sp³-hybridized carbons (Fsp3) is 0.200. The third-order valence-corrected chi connectivity index (χ3v) is 3.32. The highest BCUT2D eigenvalue weighted by atomic mass is 35.5. The minimum Gasteiger partial charge on any atom is -0.494 e. The van der Waals surface area contributed by atoms with E-state index in [0.717, 1.165) is 17.0 Å². The first-order chi connectivity index (χ1) is 9.22. The van der Waals surface area contributed by atoms with Crippen LogP contribution >= 0.6 is 23.2 Å². The molecular formula is C15H15Cl2NO. The van der Waals surface area contributed by atoms with Crippen molar-refractivity contribution in [3.05, 3.63) is 58.1 Å². The maximum Gasteiger partial charge on any atom is 0.124 e. The molecule has 0 aliphatic heterocycles. The number of benzene rings is 2. The predicted molar refractivity (Wildman–Crippen MR) is 81.4 cm³/mol. The zero-order valence-electron chi connectivity index (χ0n) is 10.6. The lowest BCUT2D eigenvalue weighted by molar-refractivity contribution is 0.337. The van der Waals surface area contributed by atoms with Crippen LogP contribution in [0.3, 0.4) is 0 Å². The van der Waals surface area contributed by atoms with Gasteiger partial charge in [0.05, 0.1) is 22.3 Å². The average Bonchev–Trinajstić information content (AvgIpc) is 2.40. The van der Waals surface area contributed by atoms with E-state index in [0.29, 0.717) is 23.2 Å². The van der Waals surface area contributed by atoms with Crippen molar-refractivity contribution in [1.29, 1.82) is 0 Å². The second-order valence-electron chi connectivity index (χ2n) is 3.99. The molecule has 100 valence electrons. The van der Waals surface area contributed by atoms with Gasteiger partial charge in [0.15, 0.2) is 0 Å². The second kappa shape index (κ2) is 6.69. The van der Waals surface area contributed by atoms with Gasteiger partial charge in [0.2, 0.25) is 0 Å². The van der Waals surface area contributed by atoms with Crippen molar-refractivity contribution in [2.45, 2.75) is 13.5 Å². The van der Waals surface area contributed by atoms with E-state index in [4.69, 9.17) is 27.9 Å². The summed E-state index contributed by atoms with van der Waals surface area (Å²) in [5, 5.41) is 4.48. The Labute approximate surface area is 123 Å². The number of anilines is 1. The third-order valence-electron chi connectivity index (χ3n) is 2.69. The molecule has 0 atom stereocenters.